The van der Waals surface area contributed by atoms with E-state index >= 15 is 0 Å². The van der Waals surface area contributed by atoms with Crippen LogP contribution in [0.3, 0.4) is 0 Å². The Labute approximate surface area is 90.3 Å². The summed E-state index contributed by atoms with van der Waals surface area (Å²) in [4.78, 5) is 11.7. The summed E-state index contributed by atoms with van der Waals surface area (Å²) in [6.45, 7) is 4.18. The summed E-state index contributed by atoms with van der Waals surface area (Å²) in [5, 5.41) is 0. The first-order valence-electron chi connectivity index (χ1n) is 5.29. The molecule has 0 bridgehead atoms. The Balaban J connectivity index is 2.53. The highest BCUT2D eigenvalue weighted by molar-refractivity contribution is 5.86. The van der Waals surface area contributed by atoms with Crippen molar-refractivity contribution in [1.82, 2.24) is 0 Å². The molecule has 0 radical (unpaired) electrons. The molecule has 2 nitrogen and oxygen atoms in total. The van der Waals surface area contributed by atoms with Crippen molar-refractivity contribution in [2.45, 2.75) is 32.8 Å². The first-order chi connectivity index (χ1) is 7.13. The van der Waals surface area contributed by atoms with E-state index < -0.39 is 0 Å². The summed E-state index contributed by atoms with van der Waals surface area (Å²) in [6, 6.07) is 4.28. The van der Waals surface area contributed by atoms with Crippen LogP contribution in [0.25, 0.3) is 0 Å². The minimum absolute atomic E-state index is 0.202. The number of methoxy groups -OCH3 is 1. The summed E-state index contributed by atoms with van der Waals surface area (Å²) in [5.41, 5.74) is 4.85. The van der Waals surface area contributed by atoms with Gasteiger partial charge in [-0.1, -0.05) is 12.1 Å². The fourth-order valence-electron chi connectivity index (χ4n) is 2.18. The molecule has 0 saturated carbocycles. The zero-order chi connectivity index (χ0) is 11.0. The number of benzene rings is 1. The van der Waals surface area contributed by atoms with E-state index in [-0.39, 0.29) is 11.9 Å². The monoisotopic (exact) mass is 204 g/mol. The highest BCUT2D eigenvalue weighted by Gasteiger charge is 2.27. The molecule has 1 aromatic rings. The van der Waals surface area contributed by atoms with Crippen LogP contribution in [-0.4, -0.2) is 12.9 Å². The van der Waals surface area contributed by atoms with Gasteiger partial charge in [0.15, 0.2) is 5.78 Å². The number of fused-ring (bicyclic) bond motifs is 1. The molecule has 0 spiro atoms. The number of aryl methyl sites for hydroxylation is 3. The van der Waals surface area contributed by atoms with E-state index in [9.17, 15) is 4.79 Å². The normalized spacial score (nSPS) is 20.2. The van der Waals surface area contributed by atoms with Crippen molar-refractivity contribution in [3.8, 4) is 0 Å². The SMILES string of the molecule is COC1C(=O)CCc2cc(C)c(C)cc21. The number of Topliss-reactive ketones (excluding diaryl/α,β-unsaturated/α-hetero) is 1. The van der Waals surface area contributed by atoms with E-state index in [1.54, 1.807) is 7.11 Å². The molecule has 1 aliphatic rings. The highest BCUT2D eigenvalue weighted by Crippen LogP contribution is 2.31. The van der Waals surface area contributed by atoms with Gasteiger partial charge in [0.05, 0.1) is 0 Å². The Kier molecular flexibility index (Phi) is 2.61. The molecule has 0 aliphatic heterocycles. The molecule has 1 unspecified atom stereocenters. The number of carbonyl (C=O) groups is 1. The standard InChI is InChI=1S/C13H16O2/c1-8-6-10-4-5-12(14)13(15-3)11(10)7-9(8)2/h6-7,13H,4-5H2,1-3H3. The van der Waals surface area contributed by atoms with Crippen molar-refractivity contribution in [3.63, 3.8) is 0 Å². The van der Waals surface area contributed by atoms with Gasteiger partial charge in [0.25, 0.3) is 0 Å². The smallest absolute Gasteiger partial charge is 0.166 e. The third-order valence-electron chi connectivity index (χ3n) is 3.21. The van der Waals surface area contributed by atoms with Gasteiger partial charge in [0.1, 0.15) is 6.10 Å². The van der Waals surface area contributed by atoms with Gasteiger partial charge >= 0.3 is 0 Å². The maximum atomic E-state index is 11.7. The number of carbonyl (C=O) groups excluding carboxylic acids is 1. The van der Waals surface area contributed by atoms with Crippen LogP contribution >= 0.6 is 0 Å². The zero-order valence-electron chi connectivity index (χ0n) is 9.46. The fourth-order valence-corrected chi connectivity index (χ4v) is 2.18. The van der Waals surface area contributed by atoms with Crippen LogP contribution in [0.5, 0.6) is 0 Å². The topological polar surface area (TPSA) is 26.3 Å². The van der Waals surface area contributed by atoms with E-state index in [2.05, 4.69) is 26.0 Å². The molecular weight excluding hydrogens is 188 g/mol. The van der Waals surface area contributed by atoms with Crippen LogP contribution in [0.15, 0.2) is 12.1 Å². The van der Waals surface area contributed by atoms with Crippen molar-refractivity contribution in [2.24, 2.45) is 0 Å². The van der Waals surface area contributed by atoms with E-state index in [1.165, 1.54) is 16.7 Å². The quantitative estimate of drug-likeness (QED) is 0.702. The molecule has 0 saturated heterocycles. The third-order valence-corrected chi connectivity index (χ3v) is 3.21. The van der Waals surface area contributed by atoms with Gasteiger partial charge < -0.3 is 4.74 Å². The maximum Gasteiger partial charge on any atom is 0.166 e. The average Bonchev–Trinajstić information content (AvgIpc) is 2.21. The van der Waals surface area contributed by atoms with Gasteiger partial charge in [0, 0.05) is 13.5 Å². The Morgan fingerprint density at radius 3 is 2.53 bits per heavy atom. The Hall–Kier alpha value is -1.15. The van der Waals surface area contributed by atoms with E-state index in [0.29, 0.717) is 6.42 Å². The van der Waals surface area contributed by atoms with Crippen LogP contribution in [0.1, 0.15) is 34.8 Å². The lowest BCUT2D eigenvalue weighted by Gasteiger charge is -2.24. The molecule has 0 amide bonds. The molecule has 0 fully saturated rings. The second kappa shape index (κ2) is 3.78. The number of hydrogen-bond acceptors (Lipinski definition) is 2. The van der Waals surface area contributed by atoms with Crippen LogP contribution < -0.4 is 0 Å². The minimum atomic E-state index is -0.340. The number of ether oxygens (including phenoxy) is 1. The molecule has 1 aliphatic carbocycles. The predicted octanol–water partition coefficient (Wildman–Crippen LogP) is 2.51. The Bertz CT molecular complexity index is 407. The zero-order valence-corrected chi connectivity index (χ0v) is 9.46. The second-order valence-corrected chi connectivity index (χ2v) is 4.22. The van der Waals surface area contributed by atoms with Crippen molar-refractivity contribution in [3.05, 3.63) is 34.4 Å². The van der Waals surface area contributed by atoms with Gasteiger partial charge in [-0.15, -0.1) is 0 Å². The summed E-state index contributed by atoms with van der Waals surface area (Å²) >= 11 is 0. The lowest BCUT2D eigenvalue weighted by Crippen LogP contribution is -2.22. The van der Waals surface area contributed by atoms with Gasteiger partial charge in [-0.2, -0.15) is 0 Å². The molecule has 1 aromatic carbocycles. The first kappa shape index (κ1) is 10.4. The largest absolute Gasteiger partial charge is 0.369 e. The van der Waals surface area contributed by atoms with Crippen molar-refractivity contribution in [2.75, 3.05) is 7.11 Å². The lowest BCUT2D eigenvalue weighted by atomic mass is 9.86. The summed E-state index contributed by atoms with van der Waals surface area (Å²) in [7, 11) is 1.60. The summed E-state index contributed by atoms with van der Waals surface area (Å²) in [5.74, 6) is 0.202. The molecule has 80 valence electrons. The van der Waals surface area contributed by atoms with E-state index in [1.807, 2.05) is 0 Å². The van der Waals surface area contributed by atoms with Crippen molar-refractivity contribution < 1.29 is 9.53 Å². The first-order valence-corrected chi connectivity index (χ1v) is 5.29. The second-order valence-electron chi connectivity index (χ2n) is 4.22. The van der Waals surface area contributed by atoms with E-state index in [0.717, 1.165) is 12.0 Å². The molecule has 1 atom stereocenters. The molecule has 2 heteroatoms. The molecule has 2 rings (SSSR count). The average molecular weight is 204 g/mol. The Morgan fingerprint density at radius 2 is 1.87 bits per heavy atom. The van der Waals surface area contributed by atoms with Gasteiger partial charge in [-0.3, -0.25) is 4.79 Å². The Morgan fingerprint density at radius 1 is 1.20 bits per heavy atom. The van der Waals surface area contributed by atoms with Crippen molar-refractivity contribution >= 4 is 5.78 Å². The number of rotatable bonds is 1. The van der Waals surface area contributed by atoms with Crippen LogP contribution in [0, 0.1) is 13.8 Å². The van der Waals surface area contributed by atoms with Gasteiger partial charge in [0.2, 0.25) is 0 Å². The summed E-state index contributed by atoms with van der Waals surface area (Å²) in [6.07, 6.45) is 1.12. The number of ketones is 1. The van der Waals surface area contributed by atoms with E-state index in [4.69, 9.17) is 4.74 Å². The van der Waals surface area contributed by atoms with Crippen molar-refractivity contribution in [1.29, 1.82) is 0 Å². The lowest BCUT2D eigenvalue weighted by molar-refractivity contribution is -0.129. The van der Waals surface area contributed by atoms with Gasteiger partial charge in [-0.25, -0.2) is 0 Å². The highest BCUT2D eigenvalue weighted by atomic mass is 16.5. The molecule has 0 aromatic heterocycles. The van der Waals surface area contributed by atoms with Crippen LogP contribution in [0.4, 0.5) is 0 Å². The number of hydrogen-bond donors (Lipinski definition) is 0. The molecule has 15 heavy (non-hydrogen) atoms. The molecule has 0 N–H and O–H groups in total. The van der Waals surface area contributed by atoms with Gasteiger partial charge in [-0.05, 0) is 42.5 Å². The van der Waals surface area contributed by atoms with Crippen LogP contribution in [0.2, 0.25) is 0 Å². The fraction of sp³-hybridized carbons (Fsp3) is 0.462. The summed E-state index contributed by atoms with van der Waals surface area (Å²) < 4.78 is 5.28. The van der Waals surface area contributed by atoms with Crippen LogP contribution in [-0.2, 0) is 16.0 Å². The molecular formula is C13H16O2. The maximum absolute atomic E-state index is 11.7. The predicted molar refractivity (Wildman–Crippen MR) is 59.0 cm³/mol. The molecule has 0 heterocycles. The third kappa shape index (κ3) is 1.70. The minimum Gasteiger partial charge on any atom is -0.369 e.